The molecule has 0 aliphatic heterocycles. The zero-order chi connectivity index (χ0) is 12.8. The Labute approximate surface area is 111 Å². The fraction of sp³-hybridized carbons (Fsp3) is 0.417. The third-order valence-corrected chi connectivity index (χ3v) is 2.68. The van der Waals surface area contributed by atoms with Gasteiger partial charge in [0.15, 0.2) is 6.61 Å². The molecule has 0 radical (unpaired) electrons. The standard InChI is InChI=1S/C12H14Cl2O3/c1-3-8(2)17-12(15)7-16-11-5-4-9(13)6-10(11)14/h4-6,8H,3,7H2,1-2H3. The van der Waals surface area contributed by atoms with Crippen molar-refractivity contribution in [1.29, 1.82) is 0 Å². The van der Waals surface area contributed by atoms with Crippen LogP contribution in [-0.2, 0) is 9.53 Å². The molecule has 1 rings (SSSR count). The molecular weight excluding hydrogens is 263 g/mol. The van der Waals surface area contributed by atoms with Gasteiger partial charge in [0.05, 0.1) is 11.1 Å². The Morgan fingerprint density at radius 3 is 2.71 bits per heavy atom. The molecule has 1 atom stereocenters. The summed E-state index contributed by atoms with van der Waals surface area (Å²) in [7, 11) is 0. The predicted molar refractivity (Wildman–Crippen MR) is 67.8 cm³/mol. The Morgan fingerprint density at radius 2 is 2.12 bits per heavy atom. The molecule has 0 amide bonds. The molecule has 1 aromatic carbocycles. The molecule has 94 valence electrons. The molecule has 0 saturated carbocycles. The van der Waals surface area contributed by atoms with Gasteiger partial charge in [-0.05, 0) is 31.5 Å². The maximum Gasteiger partial charge on any atom is 0.344 e. The number of rotatable bonds is 5. The summed E-state index contributed by atoms with van der Waals surface area (Å²) in [5, 5.41) is 0.887. The van der Waals surface area contributed by atoms with Crippen molar-refractivity contribution in [3.8, 4) is 5.75 Å². The average Bonchev–Trinajstić information content (AvgIpc) is 2.27. The first-order valence-electron chi connectivity index (χ1n) is 5.30. The second kappa shape index (κ2) is 6.72. The smallest absolute Gasteiger partial charge is 0.344 e. The summed E-state index contributed by atoms with van der Waals surface area (Å²) in [6, 6.07) is 4.81. The van der Waals surface area contributed by atoms with Crippen LogP contribution in [0, 0.1) is 0 Å². The van der Waals surface area contributed by atoms with E-state index in [1.54, 1.807) is 18.2 Å². The molecule has 17 heavy (non-hydrogen) atoms. The van der Waals surface area contributed by atoms with Crippen LogP contribution >= 0.6 is 23.2 Å². The molecule has 0 aliphatic rings. The summed E-state index contributed by atoms with van der Waals surface area (Å²) in [5.74, 6) is 0.00235. The largest absolute Gasteiger partial charge is 0.480 e. The van der Waals surface area contributed by atoms with Crippen LogP contribution in [0.1, 0.15) is 20.3 Å². The quantitative estimate of drug-likeness (QED) is 0.769. The summed E-state index contributed by atoms with van der Waals surface area (Å²) in [5.41, 5.74) is 0. The lowest BCUT2D eigenvalue weighted by molar-refractivity contribution is -0.150. The Morgan fingerprint density at radius 1 is 1.41 bits per heavy atom. The fourth-order valence-electron chi connectivity index (χ4n) is 1.07. The van der Waals surface area contributed by atoms with E-state index in [1.807, 2.05) is 13.8 Å². The predicted octanol–water partition coefficient (Wildman–Crippen LogP) is 3.71. The molecule has 3 nitrogen and oxygen atoms in total. The minimum atomic E-state index is -0.412. The van der Waals surface area contributed by atoms with Gasteiger partial charge < -0.3 is 9.47 Å². The Balaban J connectivity index is 2.47. The van der Waals surface area contributed by atoms with Crippen molar-refractivity contribution >= 4 is 29.2 Å². The van der Waals surface area contributed by atoms with Gasteiger partial charge in [-0.3, -0.25) is 0 Å². The van der Waals surface area contributed by atoms with Gasteiger partial charge in [0.2, 0.25) is 0 Å². The van der Waals surface area contributed by atoms with E-state index in [9.17, 15) is 4.79 Å². The highest BCUT2D eigenvalue weighted by Gasteiger charge is 2.10. The van der Waals surface area contributed by atoms with Gasteiger partial charge in [0, 0.05) is 5.02 Å². The molecule has 1 aromatic rings. The summed E-state index contributed by atoms with van der Waals surface area (Å²) in [6.07, 6.45) is 0.666. The average molecular weight is 277 g/mol. The van der Waals surface area contributed by atoms with Crippen LogP contribution in [0.4, 0.5) is 0 Å². The minimum absolute atomic E-state index is 0.105. The zero-order valence-corrected chi connectivity index (χ0v) is 11.2. The van der Waals surface area contributed by atoms with Gasteiger partial charge in [-0.25, -0.2) is 4.79 Å². The zero-order valence-electron chi connectivity index (χ0n) is 9.70. The number of esters is 1. The number of hydrogen-bond acceptors (Lipinski definition) is 3. The monoisotopic (exact) mass is 276 g/mol. The van der Waals surface area contributed by atoms with E-state index in [0.29, 0.717) is 15.8 Å². The van der Waals surface area contributed by atoms with Crippen LogP contribution in [0.3, 0.4) is 0 Å². The molecule has 0 saturated heterocycles. The van der Waals surface area contributed by atoms with Crippen LogP contribution in [0.25, 0.3) is 0 Å². The van der Waals surface area contributed by atoms with Crippen molar-refractivity contribution in [1.82, 2.24) is 0 Å². The second-order valence-electron chi connectivity index (χ2n) is 3.57. The topological polar surface area (TPSA) is 35.5 Å². The Hall–Kier alpha value is -0.930. The summed E-state index contributed by atoms with van der Waals surface area (Å²) in [4.78, 5) is 11.3. The third kappa shape index (κ3) is 4.84. The Kier molecular flexibility index (Phi) is 5.59. The normalized spacial score (nSPS) is 12.0. The van der Waals surface area contributed by atoms with E-state index in [4.69, 9.17) is 32.7 Å². The summed E-state index contributed by atoms with van der Waals surface area (Å²) in [6.45, 7) is 3.60. The van der Waals surface area contributed by atoms with Gasteiger partial charge in [-0.15, -0.1) is 0 Å². The fourth-order valence-corrected chi connectivity index (χ4v) is 1.53. The van der Waals surface area contributed by atoms with Crippen molar-refractivity contribution in [2.24, 2.45) is 0 Å². The first-order valence-corrected chi connectivity index (χ1v) is 6.05. The number of hydrogen-bond donors (Lipinski definition) is 0. The molecule has 0 fully saturated rings. The molecule has 0 bridgehead atoms. The Bertz CT molecular complexity index is 393. The van der Waals surface area contributed by atoms with Crippen molar-refractivity contribution in [2.45, 2.75) is 26.4 Å². The van der Waals surface area contributed by atoms with Crippen LogP contribution in [-0.4, -0.2) is 18.7 Å². The molecular formula is C12H14Cl2O3. The molecule has 5 heteroatoms. The molecule has 0 aliphatic carbocycles. The lowest BCUT2D eigenvalue weighted by Crippen LogP contribution is -2.20. The van der Waals surface area contributed by atoms with E-state index in [1.165, 1.54) is 0 Å². The maximum absolute atomic E-state index is 11.3. The van der Waals surface area contributed by atoms with E-state index >= 15 is 0 Å². The van der Waals surface area contributed by atoms with Crippen LogP contribution in [0.2, 0.25) is 10.0 Å². The van der Waals surface area contributed by atoms with Gasteiger partial charge in [0.1, 0.15) is 5.75 Å². The highest BCUT2D eigenvalue weighted by Crippen LogP contribution is 2.27. The lowest BCUT2D eigenvalue weighted by atomic mass is 10.3. The number of benzene rings is 1. The lowest BCUT2D eigenvalue weighted by Gasteiger charge is -2.12. The van der Waals surface area contributed by atoms with Crippen molar-refractivity contribution < 1.29 is 14.3 Å². The molecule has 0 aromatic heterocycles. The van der Waals surface area contributed by atoms with E-state index in [0.717, 1.165) is 6.42 Å². The number of carbonyl (C=O) groups excluding carboxylic acids is 1. The minimum Gasteiger partial charge on any atom is -0.480 e. The highest BCUT2D eigenvalue weighted by molar-refractivity contribution is 6.35. The first-order chi connectivity index (χ1) is 8.02. The van der Waals surface area contributed by atoms with Crippen molar-refractivity contribution in [3.05, 3.63) is 28.2 Å². The first kappa shape index (κ1) is 14.1. The van der Waals surface area contributed by atoms with Crippen molar-refractivity contribution in [2.75, 3.05) is 6.61 Å². The second-order valence-corrected chi connectivity index (χ2v) is 4.42. The SMILES string of the molecule is CCC(C)OC(=O)COc1ccc(Cl)cc1Cl. The van der Waals surface area contributed by atoms with Crippen LogP contribution < -0.4 is 4.74 Å². The number of carbonyl (C=O) groups is 1. The number of ether oxygens (including phenoxy) is 2. The van der Waals surface area contributed by atoms with Gasteiger partial charge >= 0.3 is 5.97 Å². The summed E-state index contributed by atoms with van der Waals surface area (Å²) >= 11 is 11.6. The van der Waals surface area contributed by atoms with Crippen LogP contribution in [0.15, 0.2) is 18.2 Å². The summed E-state index contributed by atoms with van der Waals surface area (Å²) < 4.78 is 10.3. The van der Waals surface area contributed by atoms with Gasteiger partial charge in [-0.1, -0.05) is 30.1 Å². The number of halogens is 2. The van der Waals surface area contributed by atoms with Gasteiger partial charge in [0.25, 0.3) is 0 Å². The molecule has 1 unspecified atom stereocenters. The van der Waals surface area contributed by atoms with E-state index in [-0.39, 0.29) is 12.7 Å². The van der Waals surface area contributed by atoms with Gasteiger partial charge in [-0.2, -0.15) is 0 Å². The van der Waals surface area contributed by atoms with Crippen LogP contribution in [0.5, 0.6) is 5.75 Å². The molecule has 0 N–H and O–H groups in total. The van der Waals surface area contributed by atoms with E-state index in [2.05, 4.69) is 0 Å². The van der Waals surface area contributed by atoms with Crippen molar-refractivity contribution in [3.63, 3.8) is 0 Å². The van der Waals surface area contributed by atoms with E-state index < -0.39 is 5.97 Å². The third-order valence-electron chi connectivity index (χ3n) is 2.15. The molecule has 0 heterocycles. The highest BCUT2D eigenvalue weighted by atomic mass is 35.5. The maximum atomic E-state index is 11.3. The molecule has 0 spiro atoms.